The van der Waals surface area contributed by atoms with Crippen molar-refractivity contribution in [2.45, 2.75) is 26.2 Å². The van der Waals surface area contributed by atoms with Gasteiger partial charge in [0.25, 0.3) is 0 Å². The molecule has 1 heteroatoms. The van der Waals surface area contributed by atoms with E-state index in [0.717, 1.165) is 0 Å². The topological polar surface area (TPSA) is 15.8 Å². The first-order valence-electron chi connectivity index (χ1n) is 4.94. The zero-order valence-electron chi connectivity index (χ0n) is 7.85. The molecule has 1 heterocycles. The molecule has 0 bridgehead atoms. The largest absolute Gasteiger partial charge is 0.361 e. The van der Waals surface area contributed by atoms with Crippen LogP contribution in [0.1, 0.15) is 23.1 Å². The highest BCUT2D eigenvalue weighted by Gasteiger charge is 2.12. The Bertz CT molecular complexity index is 465. The maximum Gasteiger partial charge on any atom is 0.0459 e. The molecule has 0 aliphatic heterocycles. The van der Waals surface area contributed by atoms with Gasteiger partial charge in [-0.3, -0.25) is 0 Å². The number of aryl methyl sites for hydroxylation is 3. The van der Waals surface area contributed by atoms with Crippen LogP contribution >= 0.6 is 0 Å². The van der Waals surface area contributed by atoms with Crippen molar-refractivity contribution in [1.82, 2.24) is 4.98 Å². The van der Waals surface area contributed by atoms with Gasteiger partial charge in [0.05, 0.1) is 0 Å². The Balaban J connectivity index is 2.38. The summed E-state index contributed by atoms with van der Waals surface area (Å²) in [6, 6.07) is 4.69. The molecule has 0 fully saturated rings. The Morgan fingerprint density at radius 2 is 1.92 bits per heavy atom. The van der Waals surface area contributed by atoms with Gasteiger partial charge in [0.2, 0.25) is 0 Å². The molecule has 0 spiro atoms. The Kier molecular flexibility index (Phi) is 1.32. The van der Waals surface area contributed by atoms with E-state index in [9.17, 15) is 0 Å². The fourth-order valence-corrected chi connectivity index (χ4v) is 2.33. The lowest BCUT2D eigenvalue weighted by Crippen LogP contribution is -1.81. The Labute approximate surface area is 77.8 Å². The lowest BCUT2D eigenvalue weighted by molar-refractivity contribution is 0.912. The van der Waals surface area contributed by atoms with Crippen molar-refractivity contribution in [2.75, 3.05) is 0 Å². The molecular weight excluding hydrogens is 158 g/mol. The minimum Gasteiger partial charge on any atom is -0.361 e. The number of nitrogens with one attached hydrogen (secondary N) is 1. The highest BCUT2D eigenvalue weighted by atomic mass is 14.7. The van der Waals surface area contributed by atoms with Crippen molar-refractivity contribution >= 4 is 10.9 Å². The predicted molar refractivity (Wildman–Crippen MR) is 55.1 cm³/mol. The van der Waals surface area contributed by atoms with Gasteiger partial charge in [-0.15, -0.1) is 0 Å². The minimum atomic E-state index is 1.27. The number of aromatic nitrogens is 1. The molecule has 0 saturated heterocycles. The maximum atomic E-state index is 3.32. The fraction of sp³-hybridized carbons (Fsp3) is 0.333. The molecule has 1 nitrogen and oxygen atoms in total. The molecule has 1 aromatic heterocycles. The third kappa shape index (κ3) is 0.932. The van der Waals surface area contributed by atoms with E-state index in [2.05, 4.69) is 30.2 Å². The molecule has 1 aliphatic rings. The molecule has 1 aliphatic carbocycles. The van der Waals surface area contributed by atoms with Crippen LogP contribution in [-0.2, 0) is 12.8 Å². The number of aromatic amines is 1. The first kappa shape index (κ1) is 7.19. The summed E-state index contributed by atoms with van der Waals surface area (Å²) in [5, 5.41) is 1.40. The van der Waals surface area contributed by atoms with E-state index in [1.807, 2.05) is 0 Å². The smallest absolute Gasteiger partial charge is 0.0459 e. The van der Waals surface area contributed by atoms with Gasteiger partial charge in [0, 0.05) is 17.1 Å². The summed E-state index contributed by atoms with van der Waals surface area (Å²) >= 11 is 0. The van der Waals surface area contributed by atoms with E-state index in [0.29, 0.717) is 0 Å². The van der Waals surface area contributed by atoms with Crippen LogP contribution in [0.15, 0.2) is 18.3 Å². The van der Waals surface area contributed by atoms with Gasteiger partial charge in [0.15, 0.2) is 0 Å². The first-order valence-corrected chi connectivity index (χ1v) is 4.94. The van der Waals surface area contributed by atoms with E-state index < -0.39 is 0 Å². The molecule has 0 amide bonds. The Morgan fingerprint density at radius 1 is 1.15 bits per heavy atom. The summed E-state index contributed by atoms with van der Waals surface area (Å²) < 4.78 is 0. The van der Waals surface area contributed by atoms with Crippen molar-refractivity contribution in [2.24, 2.45) is 0 Å². The Morgan fingerprint density at radius 3 is 2.77 bits per heavy atom. The molecule has 2 aromatic rings. The van der Waals surface area contributed by atoms with E-state index in [4.69, 9.17) is 0 Å². The lowest BCUT2D eigenvalue weighted by Gasteiger charge is -1.99. The van der Waals surface area contributed by atoms with Crippen LogP contribution in [0.3, 0.4) is 0 Å². The quantitative estimate of drug-likeness (QED) is 0.627. The van der Waals surface area contributed by atoms with Crippen LogP contribution in [0.5, 0.6) is 0 Å². The van der Waals surface area contributed by atoms with Crippen LogP contribution in [0.2, 0.25) is 0 Å². The summed E-state index contributed by atoms with van der Waals surface area (Å²) in [5.41, 5.74) is 5.78. The molecule has 0 unspecified atom stereocenters. The summed E-state index contributed by atoms with van der Waals surface area (Å²) in [6.07, 6.45) is 5.97. The van der Waals surface area contributed by atoms with Crippen molar-refractivity contribution in [1.29, 1.82) is 0 Å². The van der Waals surface area contributed by atoms with Crippen LogP contribution in [0.25, 0.3) is 10.9 Å². The number of hydrogen-bond acceptors (Lipinski definition) is 0. The molecule has 0 atom stereocenters. The number of hydrogen-bond donors (Lipinski definition) is 1. The van der Waals surface area contributed by atoms with Gasteiger partial charge in [-0.2, -0.15) is 0 Å². The van der Waals surface area contributed by atoms with Crippen LogP contribution in [0.4, 0.5) is 0 Å². The van der Waals surface area contributed by atoms with E-state index in [1.54, 1.807) is 11.1 Å². The van der Waals surface area contributed by atoms with Crippen LogP contribution in [0, 0.1) is 6.92 Å². The lowest BCUT2D eigenvalue weighted by atomic mass is 10.1. The minimum absolute atomic E-state index is 1.27. The molecular formula is C12H13N. The average molecular weight is 171 g/mol. The van der Waals surface area contributed by atoms with Crippen LogP contribution in [-0.4, -0.2) is 4.98 Å². The highest BCUT2D eigenvalue weighted by molar-refractivity contribution is 5.84. The second-order valence-electron chi connectivity index (χ2n) is 3.99. The molecule has 13 heavy (non-hydrogen) atoms. The molecule has 0 saturated carbocycles. The standard InChI is InChI=1S/C12H13N/c1-8-7-13-12-6-10-4-2-3-9(10)5-11(8)12/h5-7,13H,2-4H2,1H3. The summed E-state index contributed by atoms with van der Waals surface area (Å²) in [6.45, 7) is 2.17. The molecule has 66 valence electrons. The van der Waals surface area contributed by atoms with E-state index >= 15 is 0 Å². The highest BCUT2D eigenvalue weighted by Crippen LogP contribution is 2.28. The number of rotatable bonds is 0. The summed E-state index contributed by atoms with van der Waals surface area (Å²) in [7, 11) is 0. The van der Waals surface area contributed by atoms with E-state index in [-0.39, 0.29) is 0 Å². The monoisotopic (exact) mass is 171 g/mol. The summed E-state index contributed by atoms with van der Waals surface area (Å²) in [4.78, 5) is 3.32. The third-order valence-corrected chi connectivity index (χ3v) is 3.10. The van der Waals surface area contributed by atoms with Crippen molar-refractivity contribution < 1.29 is 0 Å². The number of fused-ring (bicyclic) bond motifs is 2. The molecule has 1 N–H and O–H groups in total. The number of benzene rings is 1. The van der Waals surface area contributed by atoms with E-state index in [1.165, 1.54) is 35.7 Å². The molecule has 1 aromatic carbocycles. The molecule has 0 radical (unpaired) electrons. The second-order valence-corrected chi connectivity index (χ2v) is 3.99. The maximum absolute atomic E-state index is 3.32. The zero-order chi connectivity index (χ0) is 8.84. The number of H-pyrrole nitrogens is 1. The first-order chi connectivity index (χ1) is 6.34. The SMILES string of the molecule is Cc1c[nH]c2cc3c(cc12)CCC3. The molecule has 3 rings (SSSR count). The predicted octanol–water partition coefficient (Wildman–Crippen LogP) is 2.97. The van der Waals surface area contributed by atoms with Crippen molar-refractivity contribution in [3.05, 3.63) is 35.0 Å². The second kappa shape index (κ2) is 2.38. The van der Waals surface area contributed by atoms with Gasteiger partial charge in [-0.1, -0.05) is 0 Å². The normalized spacial score (nSPS) is 15.2. The Hall–Kier alpha value is -1.24. The van der Waals surface area contributed by atoms with Gasteiger partial charge >= 0.3 is 0 Å². The average Bonchev–Trinajstić information content (AvgIpc) is 2.70. The van der Waals surface area contributed by atoms with Crippen LogP contribution < -0.4 is 0 Å². The summed E-state index contributed by atoms with van der Waals surface area (Å²) in [5.74, 6) is 0. The van der Waals surface area contributed by atoms with Gasteiger partial charge in [-0.05, 0) is 55.0 Å². The van der Waals surface area contributed by atoms with Gasteiger partial charge in [-0.25, -0.2) is 0 Å². The van der Waals surface area contributed by atoms with Gasteiger partial charge < -0.3 is 4.98 Å². The fourth-order valence-electron chi connectivity index (χ4n) is 2.33. The van der Waals surface area contributed by atoms with Crippen molar-refractivity contribution in [3.63, 3.8) is 0 Å². The van der Waals surface area contributed by atoms with Crippen molar-refractivity contribution in [3.8, 4) is 0 Å². The third-order valence-electron chi connectivity index (χ3n) is 3.10. The van der Waals surface area contributed by atoms with Gasteiger partial charge in [0.1, 0.15) is 0 Å². The zero-order valence-corrected chi connectivity index (χ0v) is 7.85.